The maximum atomic E-state index is 11.0. The Labute approximate surface area is 83.5 Å². The van der Waals surface area contributed by atoms with Crippen LogP contribution in [0.15, 0.2) is 0 Å². The van der Waals surface area contributed by atoms with Crippen molar-refractivity contribution in [2.75, 3.05) is 6.61 Å². The van der Waals surface area contributed by atoms with Gasteiger partial charge in [-0.25, -0.2) is 4.79 Å². The van der Waals surface area contributed by atoms with Crippen LogP contribution in [0.1, 0.15) is 32.1 Å². The predicted molar refractivity (Wildman–Crippen MR) is 51.1 cm³/mol. The molecule has 0 saturated carbocycles. The van der Waals surface area contributed by atoms with E-state index in [9.17, 15) is 4.79 Å². The molecule has 0 spiro atoms. The van der Waals surface area contributed by atoms with Gasteiger partial charge in [0.05, 0.1) is 0 Å². The third kappa shape index (κ3) is 1.59. The molecular weight excluding hydrogens is 182 g/mol. The molecule has 2 saturated heterocycles. The van der Waals surface area contributed by atoms with Gasteiger partial charge in [0.1, 0.15) is 0 Å². The third-order valence-corrected chi connectivity index (χ3v) is 3.59. The second-order valence-electron chi connectivity index (χ2n) is 4.42. The van der Waals surface area contributed by atoms with Crippen molar-refractivity contribution in [2.45, 2.75) is 44.2 Å². The summed E-state index contributed by atoms with van der Waals surface area (Å²) < 4.78 is 0. The highest BCUT2D eigenvalue weighted by Gasteiger charge is 2.42. The Balaban J connectivity index is 2.01. The molecule has 4 heteroatoms. The first kappa shape index (κ1) is 9.77. The second-order valence-corrected chi connectivity index (χ2v) is 4.42. The Morgan fingerprint density at radius 1 is 1.29 bits per heavy atom. The number of piperidine rings is 1. The highest BCUT2D eigenvalue weighted by molar-refractivity contribution is 5.66. The molecule has 2 aliphatic heterocycles. The number of carboxylic acid groups (broad SMARTS) is 1. The van der Waals surface area contributed by atoms with Crippen LogP contribution >= 0.6 is 0 Å². The Hall–Kier alpha value is -0.770. The van der Waals surface area contributed by atoms with Crippen molar-refractivity contribution < 1.29 is 15.0 Å². The fourth-order valence-corrected chi connectivity index (χ4v) is 3.02. The number of amides is 1. The van der Waals surface area contributed by atoms with E-state index in [0.717, 1.165) is 32.1 Å². The first-order valence-electron chi connectivity index (χ1n) is 5.34. The van der Waals surface area contributed by atoms with E-state index in [4.69, 9.17) is 10.2 Å². The van der Waals surface area contributed by atoms with Crippen LogP contribution in [0.4, 0.5) is 4.79 Å². The summed E-state index contributed by atoms with van der Waals surface area (Å²) in [5.41, 5.74) is 0. The van der Waals surface area contributed by atoms with E-state index in [0.29, 0.717) is 5.92 Å². The van der Waals surface area contributed by atoms with Gasteiger partial charge in [-0.3, -0.25) is 0 Å². The zero-order chi connectivity index (χ0) is 10.1. The predicted octanol–water partition coefficient (Wildman–Crippen LogP) is 1.29. The van der Waals surface area contributed by atoms with Gasteiger partial charge in [0.15, 0.2) is 0 Å². The van der Waals surface area contributed by atoms with Crippen molar-refractivity contribution in [1.29, 1.82) is 0 Å². The Kier molecular flexibility index (Phi) is 2.63. The van der Waals surface area contributed by atoms with E-state index in [1.807, 2.05) is 0 Å². The van der Waals surface area contributed by atoms with E-state index in [2.05, 4.69) is 0 Å². The molecule has 3 atom stereocenters. The molecule has 2 bridgehead atoms. The van der Waals surface area contributed by atoms with Crippen LogP contribution in [0.3, 0.4) is 0 Å². The summed E-state index contributed by atoms with van der Waals surface area (Å²) >= 11 is 0. The third-order valence-electron chi connectivity index (χ3n) is 3.59. The number of aliphatic hydroxyl groups is 1. The normalized spacial score (nSPS) is 36.1. The summed E-state index contributed by atoms with van der Waals surface area (Å²) in [7, 11) is 0. The van der Waals surface area contributed by atoms with Crippen molar-refractivity contribution in [2.24, 2.45) is 5.92 Å². The molecule has 80 valence electrons. The zero-order valence-electron chi connectivity index (χ0n) is 8.22. The maximum Gasteiger partial charge on any atom is 0.407 e. The maximum absolute atomic E-state index is 11.0. The standard InChI is InChI=1S/C10H17NO3/c12-4-3-7-5-8-1-2-9(6-7)11(8)10(13)14/h7-9,12H,1-6H2,(H,13,14)/t7-,8+,9-. The lowest BCUT2D eigenvalue weighted by atomic mass is 9.89. The van der Waals surface area contributed by atoms with Crippen LogP contribution in [0.25, 0.3) is 0 Å². The number of aliphatic hydroxyl groups excluding tert-OH is 1. The second kappa shape index (κ2) is 3.77. The summed E-state index contributed by atoms with van der Waals surface area (Å²) in [6.07, 6.45) is 3.99. The minimum absolute atomic E-state index is 0.225. The van der Waals surface area contributed by atoms with Crippen LogP contribution in [0.2, 0.25) is 0 Å². The van der Waals surface area contributed by atoms with Gasteiger partial charge in [-0.2, -0.15) is 0 Å². The van der Waals surface area contributed by atoms with E-state index in [-0.39, 0.29) is 18.7 Å². The summed E-state index contributed by atoms with van der Waals surface area (Å²) in [5.74, 6) is 0.535. The summed E-state index contributed by atoms with van der Waals surface area (Å²) in [6, 6.07) is 0.450. The Morgan fingerprint density at radius 2 is 1.86 bits per heavy atom. The first-order valence-corrected chi connectivity index (χ1v) is 5.34. The van der Waals surface area contributed by atoms with Gasteiger partial charge in [-0.1, -0.05) is 0 Å². The number of hydrogen-bond donors (Lipinski definition) is 2. The van der Waals surface area contributed by atoms with E-state index >= 15 is 0 Å². The minimum Gasteiger partial charge on any atom is -0.465 e. The van der Waals surface area contributed by atoms with Gasteiger partial charge in [0, 0.05) is 18.7 Å². The van der Waals surface area contributed by atoms with E-state index < -0.39 is 6.09 Å². The Bertz CT molecular complexity index is 217. The van der Waals surface area contributed by atoms with Gasteiger partial charge < -0.3 is 15.1 Å². The Morgan fingerprint density at radius 3 is 2.29 bits per heavy atom. The molecule has 1 amide bonds. The molecule has 0 radical (unpaired) electrons. The molecule has 0 unspecified atom stereocenters. The van der Waals surface area contributed by atoms with Crippen molar-refractivity contribution in [1.82, 2.24) is 4.90 Å². The monoisotopic (exact) mass is 199 g/mol. The highest BCUT2D eigenvalue weighted by atomic mass is 16.4. The molecule has 0 aromatic carbocycles. The smallest absolute Gasteiger partial charge is 0.407 e. The van der Waals surface area contributed by atoms with Gasteiger partial charge in [-0.15, -0.1) is 0 Å². The number of carbonyl (C=O) groups is 1. The molecule has 0 aromatic heterocycles. The van der Waals surface area contributed by atoms with Crippen LogP contribution in [0.5, 0.6) is 0 Å². The fraction of sp³-hybridized carbons (Fsp3) is 0.900. The van der Waals surface area contributed by atoms with Crippen molar-refractivity contribution in [3.05, 3.63) is 0 Å². The molecule has 2 aliphatic rings. The van der Waals surface area contributed by atoms with E-state index in [1.165, 1.54) is 0 Å². The largest absolute Gasteiger partial charge is 0.465 e. The van der Waals surface area contributed by atoms with Crippen LogP contribution in [0, 0.1) is 5.92 Å². The lowest BCUT2D eigenvalue weighted by Gasteiger charge is -2.36. The van der Waals surface area contributed by atoms with Gasteiger partial charge >= 0.3 is 6.09 Å². The summed E-state index contributed by atoms with van der Waals surface area (Å²) in [4.78, 5) is 12.6. The molecule has 0 aliphatic carbocycles. The lowest BCUT2D eigenvalue weighted by Crippen LogP contribution is -2.45. The van der Waals surface area contributed by atoms with Gasteiger partial charge in [0.25, 0.3) is 0 Å². The van der Waals surface area contributed by atoms with E-state index in [1.54, 1.807) is 4.90 Å². The fourth-order valence-electron chi connectivity index (χ4n) is 3.02. The van der Waals surface area contributed by atoms with Gasteiger partial charge in [-0.05, 0) is 38.0 Å². The molecule has 0 aromatic rings. The average molecular weight is 199 g/mol. The topological polar surface area (TPSA) is 60.8 Å². The molecule has 2 N–H and O–H groups in total. The quantitative estimate of drug-likeness (QED) is 0.704. The molecule has 2 rings (SSSR count). The summed E-state index contributed by atoms with van der Waals surface area (Å²) in [5, 5.41) is 17.9. The lowest BCUT2D eigenvalue weighted by molar-refractivity contribution is 0.0785. The van der Waals surface area contributed by atoms with Crippen LogP contribution in [-0.2, 0) is 0 Å². The van der Waals surface area contributed by atoms with Gasteiger partial charge in [0.2, 0.25) is 0 Å². The van der Waals surface area contributed by atoms with Crippen LogP contribution in [-0.4, -0.2) is 39.9 Å². The highest BCUT2D eigenvalue weighted by Crippen LogP contribution is 2.39. The zero-order valence-corrected chi connectivity index (χ0v) is 8.22. The number of fused-ring (bicyclic) bond motifs is 2. The minimum atomic E-state index is -0.764. The van der Waals surface area contributed by atoms with Crippen molar-refractivity contribution in [3.8, 4) is 0 Å². The number of hydrogen-bond acceptors (Lipinski definition) is 2. The van der Waals surface area contributed by atoms with Crippen LogP contribution < -0.4 is 0 Å². The molecule has 14 heavy (non-hydrogen) atoms. The molecule has 2 fully saturated rings. The average Bonchev–Trinajstić information content (AvgIpc) is 2.39. The molecule has 2 heterocycles. The number of rotatable bonds is 2. The van der Waals surface area contributed by atoms with Crippen molar-refractivity contribution in [3.63, 3.8) is 0 Å². The summed E-state index contributed by atoms with van der Waals surface area (Å²) in [6.45, 7) is 0.233. The first-order chi connectivity index (χ1) is 6.72. The SMILES string of the molecule is O=C(O)N1[C@@H]2CC[C@H]1C[C@@H](CCO)C2. The molecule has 4 nitrogen and oxygen atoms in total. The molecular formula is C10H17NO3. The van der Waals surface area contributed by atoms with Crippen molar-refractivity contribution >= 4 is 6.09 Å². The number of nitrogens with zero attached hydrogens (tertiary/aromatic N) is 1.